The number of hydrogen-bond donors (Lipinski definition) is 0. The van der Waals surface area contributed by atoms with Gasteiger partial charge < -0.3 is 0 Å². The van der Waals surface area contributed by atoms with Gasteiger partial charge in [0.2, 0.25) is 0 Å². The summed E-state index contributed by atoms with van der Waals surface area (Å²) >= 11 is 0. The van der Waals surface area contributed by atoms with Crippen LogP contribution in [0.2, 0.25) is 0 Å². The first kappa shape index (κ1) is 10.6. The molecule has 1 aromatic rings. The van der Waals surface area contributed by atoms with E-state index in [1.165, 1.54) is 19.1 Å². The lowest BCUT2D eigenvalue weighted by molar-refractivity contribution is 0.397. The number of hydrogen-bond acceptors (Lipinski definition) is 3. The minimum absolute atomic E-state index is 0.269. The van der Waals surface area contributed by atoms with Gasteiger partial charge in [-0.15, -0.1) is 0 Å². The van der Waals surface area contributed by atoms with Gasteiger partial charge in [-0.25, -0.2) is 0 Å². The number of benzene rings is 1. The van der Waals surface area contributed by atoms with Crippen molar-refractivity contribution in [2.45, 2.75) is 30.6 Å². The molecule has 15 heavy (non-hydrogen) atoms. The molecule has 0 saturated carbocycles. The van der Waals surface area contributed by atoms with Gasteiger partial charge in [-0.3, -0.25) is 4.18 Å². The van der Waals surface area contributed by atoms with Crippen molar-refractivity contribution in [1.29, 1.82) is 0 Å². The summed E-state index contributed by atoms with van der Waals surface area (Å²) in [6.07, 6.45) is 4.37. The summed E-state index contributed by atoms with van der Waals surface area (Å²) in [5, 5.41) is 0. The van der Waals surface area contributed by atoms with Crippen LogP contribution in [0.25, 0.3) is 0 Å². The molecule has 0 saturated heterocycles. The lowest BCUT2D eigenvalue weighted by Gasteiger charge is -2.16. The lowest BCUT2D eigenvalue weighted by Crippen LogP contribution is -2.07. The van der Waals surface area contributed by atoms with E-state index in [0.717, 1.165) is 24.8 Å². The van der Waals surface area contributed by atoms with Crippen molar-refractivity contribution in [2.24, 2.45) is 0 Å². The van der Waals surface area contributed by atoms with E-state index < -0.39 is 10.1 Å². The van der Waals surface area contributed by atoms with Gasteiger partial charge in [0.25, 0.3) is 10.1 Å². The minimum atomic E-state index is -3.53. The maximum absolute atomic E-state index is 11.5. The monoisotopic (exact) mass is 226 g/mol. The zero-order chi connectivity index (χ0) is 10.9. The topological polar surface area (TPSA) is 43.4 Å². The SMILES string of the molecule is COS(=O)(=O)c1ccc2c(c1)CCCC2. The lowest BCUT2D eigenvalue weighted by atomic mass is 9.92. The van der Waals surface area contributed by atoms with E-state index in [1.54, 1.807) is 12.1 Å². The Kier molecular flexibility index (Phi) is 2.80. The summed E-state index contributed by atoms with van der Waals surface area (Å²) in [6.45, 7) is 0. The second-order valence-electron chi connectivity index (χ2n) is 3.76. The second-order valence-corrected chi connectivity index (χ2v) is 5.47. The van der Waals surface area contributed by atoms with Gasteiger partial charge in [0.05, 0.1) is 12.0 Å². The molecule has 0 fully saturated rings. The van der Waals surface area contributed by atoms with E-state index in [9.17, 15) is 8.42 Å². The summed E-state index contributed by atoms with van der Waals surface area (Å²) in [5.74, 6) is 0. The Morgan fingerprint density at radius 3 is 2.47 bits per heavy atom. The normalized spacial score (nSPS) is 16.1. The Balaban J connectivity index is 2.45. The van der Waals surface area contributed by atoms with E-state index in [0.29, 0.717) is 0 Å². The van der Waals surface area contributed by atoms with Crippen LogP contribution in [0.3, 0.4) is 0 Å². The molecule has 2 rings (SSSR count). The van der Waals surface area contributed by atoms with Crippen molar-refractivity contribution in [2.75, 3.05) is 7.11 Å². The predicted octanol–water partition coefficient (Wildman–Crippen LogP) is 1.90. The number of aryl methyl sites for hydroxylation is 2. The molecule has 1 aromatic carbocycles. The highest BCUT2D eigenvalue weighted by Gasteiger charge is 2.16. The third kappa shape index (κ3) is 2.06. The quantitative estimate of drug-likeness (QED) is 0.723. The molecule has 3 nitrogen and oxygen atoms in total. The Labute approximate surface area is 90.2 Å². The molecular formula is C11H14O3S. The Bertz CT molecular complexity index is 463. The smallest absolute Gasteiger partial charge is 0.270 e. The molecule has 0 spiro atoms. The molecule has 1 aliphatic carbocycles. The van der Waals surface area contributed by atoms with E-state index in [-0.39, 0.29) is 4.90 Å². The fraction of sp³-hybridized carbons (Fsp3) is 0.455. The maximum Gasteiger partial charge on any atom is 0.296 e. The highest BCUT2D eigenvalue weighted by Crippen LogP contribution is 2.24. The van der Waals surface area contributed by atoms with Gasteiger partial charge in [0.1, 0.15) is 0 Å². The first-order chi connectivity index (χ1) is 7.13. The summed E-state index contributed by atoms with van der Waals surface area (Å²) < 4.78 is 27.4. The fourth-order valence-corrected chi connectivity index (χ4v) is 2.68. The minimum Gasteiger partial charge on any atom is -0.270 e. The zero-order valence-electron chi connectivity index (χ0n) is 8.69. The highest BCUT2D eigenvalue weighted by molar-refractivity contribution is 7.86. The molecule has 4 heteroatoms. The van der Waals surface area contributed by atoms with Crippen LogP contribution in [-0.4, -0.2) is 15.5 Å². The molecule has 0 atom stereocenters. The summed E-state index contributed by atoms with van der Waals surface area (Å²) in [4.78, 5) is 0.269. The van der Waals surface area contributed by atoms with Crippen molar-refractivity contribution in [3.8, 4) is 0 Å². The van der Waals surface area contributed by atoms with Gasteiger partial charge in [0, 0.05) is 0 Å². The summed E-state index contributed by atoms with van der Waals surface area (Å²) in [6, 6.07) is 5.27. The third-order valence-electron chi connectivity index (χ3n) is 2.83. The molecule has 0 unspecified atom stereocenters. The third-order valence-corrected chi connectivity index (χ3v) is 4.10. The molecule has 0 N–H and O–H groups in total. The molecule has 0 amide bonds. The van der Waals surface area contributed by atoms with Crippen LogP contribution >= 0.6 is 0 Å². The van der Waals surface area contributed by atoms with Crippen molar-refractivity contribution in [1.82, 2.24) is 0 Å². The number of fused-ring (bicyclic) bond motifs is 1. The van der Waals surface area contributed by atoms with Crippen molar-refractivity contribution in [3.63, 3.8) is 0 Å². The molecule has 1 aliphatic rings. The van der Waals surface area contributed by atoms with Crippen LogP contribution in [0.5, 0.6) is 0 Å². The maximum atomic E-state index is 11.5. The molecule has 0 radical (unpaired) electrons. The predicted molar refractivity (Wildman–Crippen MR) is 57.3 cm³/mol. The van der Waals surface area contributed by atoms with Gasteiger partial charge in [-0.05, 0) is 48.9 Å². The van der Waals surface area contributed by atoms with Gasteiger partial charge in [-0.1, -0.05) is 6.07 Å². The highest BCUT2D eigenvalue weighted by atomic mass is 32.2. The van der Waals surface area contributed by atoms with E-state index in [4.69, 9.17) is 0 Å². The largest absolute Gasteiger partial charge is 0.296 e. The standard InChI is InChI=1S/C11H14O3S/c1-14-15(12,13)11-7-6-9-4-2-3-5-10(9)8-11/h6-8H,2-5H2,1H3. The average Bonchev–Trinajstić information content (AvgIpc) is 2.28. The van der Waals surface area contributed by atoms with Crippen LogP contribution in [0.15, 0.2) is 23.1 Å². The first-order valence-corrected chi connectivity index (χ1v) is 6.47. The first-order valence-electron chi connectivity index (χ1n) is 5.06. The fourth-order valence-electron chi connectivity index (χ4n) is 1.96. The Morgan fingerprint density at radius 2 is 1.80 bits per heavy atom. The number of rotatable bonds is 2. The average molecular weight is 226 g/mol. The van der Waals surface area contributed by atoms with Crippen LogP contribution in [0, 0.1) is 0 Å². The Hall–Kier alpha value is -0.870. The second kappa shape index (κ2) is 3.94. The molecule has 82 valence electrons. The van der Waals surface area contributed by atoms with Crippen LogP contribution in [0.1, 0.15) is 24.0 Å². The van der Waals surface area contributed by atoms with Crippen LogP contribution < -0.4 is 0 Å². The Morgan fingerprint density at radius 1 is 1.13 bits per heavy atom. The van der Waals surface area contributed by atoms with Crippen LogP contribution in [0.4, 0.5) is 0 Å². The molecule has 0 heterocycles. The van der Waals surface area contributed by atoms with Crippen molar-refractivity contribution < 1.29 is 12.6 Å². The van der Waals surface area contributed by atoms with Crippen molar-refractivity contribution >= 4 is 10.1 Å². The molecule has 0 bridgehead atoms. The van der Waals surface area contributed by atoms with Gasteiger partial charge >= 0.3 is 0 Å². The van der Waals surface area contributed by atoms with Gasteiger partial charge in [-0.2, -0.15) is 8.42 Å². The van der Waals surface area contributed by atoms with Crippen LogP contribution in [-0.2, 0) is 27.1 Å². The summed E-state index contributed by atoms with van der Waals surface area (Å²) in [7, 11) is -2.34. The summed E-state index contributed by atoms with van der Waals surface area (Å²) in [5.41, 5.74) is 2.43. The van der Waals surface area contributed by atoms with E-state index in [1.807, 2.05) is 6.07 Å². The molecular weight excluding hydrogens is 212 g/mol. The van der Waals surface area contributed by atoms with E-state index >= 15 is 0 Å². The molecule has 0 aliphatic heterocycles. The zero-order valence-corrected chi connectivity index (χ0v) is 9.51. The van der Waals surface area contributed by atoms with Gasteiger partial charge in [0.15, 0.2) is 0 Å². The van der Waals surface area contributed by atoms with E-state index in [2.05, 4.69) is 4.18 Å². The molecule has 0 aromatic heterocycles. The van der Waals surface area contributed by atoms with Crippen molar-refractivity contribution in [3.05, 3.63) is 29.3 Å².